The quantitative estimate of drug-likeness (QED) is 0.760. The number of rotatable bonds is 7. The van der Waals surface area contributed by atoms with E-state index in [1.165, 1.54) is 0 Å². The average molecular weight is 274 g/mol. The molecule has 0 saturated carbocycles. The number of carbonyl (C=O) groups is 1. The van der Waals surface area contributed by atoms with Crippen molar-refractivity contribution in [2.45, 2.75) is 32.3 Å². The summed E-state index contributed by atoms with van der Waals surface area (Å²) in [4.78, 5) is 14.7. The number of fused-ring (bicyclic) bond motifs is 1. The molecule has 2 N–H and O–H groups in total. The highest BCUT2D eigenvalue weighted by atomic mass is 16.3. The van der Waals surface area contributed by atoms with Gasteiger partial charge in [0.2, 0.25) is 6.41 Å². The van der Waals surface area contributed by atoms with Crippen molar-refractivity contribution in [2.75, 3.05) is 0 Å². The smallest absolute Gasteiger partial charge is 0.211 e. The number of nitrogens with zero attached hydrogens (tertiary/aromatic N) is 1. The highest BCUT2D eigenvalue weighted by Gasteiger charge is 2.14. The Balaban J connectivity index is 2.08. The van der Waals surface area contributed by atoms with Gasteiger partial charge in [0.25, 0.3) is 0 Å². The monoisotopic (exact) mass is 274 g/mol. The van der Waals surface area contributed by atoms with Crippen molar-refractivity contribution in [3.8, 4) is 0 Å². The van der Waals surface area contributed by atoms with Crippen LogP contribution in [-0.4, -0.2) is 16.5 Å². The molecule has 0 bridgehead atoms. The maximum atomic E-state index is 10.3. The molecule has 5 heteroatoms. The molecule has 0 aliphatic rings. The number of allylic oxidation sites excluding steroid dienone is 1. The molecule has 1 unspecified atom stereocenters. The third-order valence-electron chi connectivity index (χ3n) is 3.21. The number of aromatic nitrogens is 1. The topological polar surface area (TPSA) is 75.4 Å². The Morgan fingerprint density at radius 2 is 2.40 bits per heavy atom. The van der Waals surface area contributed by atoms with Crippen LogP contribution in [-0.2, 0) is 11.4 Å². The number of nitrogens with one attached hydrogen (secondary N) is 1. The molecule has 1 atom stereocenters. The average Bonchev–Trinajstić information content (AvgIpc) is 2.87. The van der Waals surface area contributed by atoms with Gasteiger partial charge in [0.05, 0.1) is 6.61 Å². The van der Waals surface area contributed by atoms with Gasteiger partial charge in [-0.3, -0.25) is 4.79 Å². The van der Waals surface area contributed by atoms with Crippen LogP contribution in [0, 0.1) is 0 Å². The van der Waals surface area contributed by atoms with Gasteiger partial charge in [0, 0.05) is 11.6 Å². The molecule has 0 radical (unpaired) electrons. The van der Waals surface area contributed by atoms with Gasteiger partial charge in [0.15, 0.2) is 11.5 Å². The van der Waals surface area contributed by atoms with E-state index < -0.39 is 0 Å². The Morgan fingerprint density at radius 1 is 1.60 bits per heavy atom. The largest absolute Gasteiger partial charge is 0.440 e. The molecule has 0 aliphatic heterocycles. The number of hydrogen-bond donors (Lipinski definition) is 2. The van der Waals surface area contributed by atoms with E-state index in [4.69, 9.17) is 9.52 Å². The number of hydrogen-bond acceptors (Lipinski definition) is 4. The minimum Gasteiger partial charge on any atom is -0.440 e. The Morgan fingerprint density at radius 3 is 3.10 bits per heavy atom. The Labute approximate surface area is 117 Å². The van der Waals surface area contributed by atoms with E-state index in [9.17, 15) is 4.79 Å². The number of carbonyl (C=O) groups excluding carboxylic acids is 1. The van der Waals surface area contributed by atoms with Crippen molar-refractivity contribution in [1.82, 2.24) is 10.3 Å². The molecule has 0 fully saturated rings. The number of aliphatic hydroxyl groups excluding tert-OH is 1. The van der Waals surface area contributed by atoms with Crippen LogP contribution in [0.25, 0.3) is 11.1 Å². The van der Waals surface area contributed by atoms with Crippen LogP contribution in [0.1, 0.15) is 37.1 Å². The highest BCUT2D eigenvalue weighted by Crippen LogP contribution is 2.25. The Hall–Kier alpha value is -2.14. The number of oxazole rings is 1. The number of benzene rings is 1. The lowest BCUT2D eigenvalue weighted by atomic mass is 10.0. The molecule has 5 nitrogen and oxygen atoms in total. The number of amides is 1. The fourth-order valence-electron chi connectivity index (χ4n) is 1.97. The summed E-state index contributed by atoms with van der Waals surface area (Å²) in [6, 6.07) is 5.46. The van der Waals surface area contributed by atoms with E-state index in [1.807, 2.05) is 25.1 Å². The van der Waals surface area contributed by atoms with Gasteiger partial charge in [-0.1, -0.05) is 19.6 Å². The van der Waals surface area contributed by atoms with Gasteiger partial charge in [-0.25, -0.2) is 4.98 Å². The second kappa shape index (κ2) is 6.34. The van der Waals surface area contributed by atoms with Gasteiger partial charge in [0.1, 0.15) is 5.52 Å². The van der Waals surface area contributed by atoms with Crippen LogP contribution < -0.4 is 5.32 Å². The Kier molecular flexibility index (Phi) is 4.53. The summed E-state index contributed by atoms with van der Waals surface area (Å²) in [5, 5.41) is 11.6. The predicted octanol–water partition coefficient (Wildman–Crippen LogP) is 2.46. The van der Waals surface area contributed by atoms with E-state index >= 15 is 0 Å². The molecule has 106 valence electrons. The summed E-state index contributed by atoms with van der Waals surface area (Å²) < 4.78 is 5.71. The lowest BCUT2D eigenvalue weighted by Crippen LogP contribution is -2.09. The molecule has 2 aromatic rings. The molecule has 2 rings (SSSR count). The van der Waals surface area contributed by atoms with Crippen LogP contribution >= 0.6 is 0 Å². The van der Waals surface area contributed by atoms with Crippen LogP contribution in [0.2, 0.25) is 0 Å². The minimum atomic E-state index is -0.00905. The third kappa shape index (κ3) is 3.24. The molecule has 1 aromatic carbocycles. The summed E-state index contributed by atoms with van der Waals surface area (Å²) in [5.74, 6) is 0.791. The molecular weight excluding hydrogens is 256 g/mol. The van der Waals surface area contributed by atoms with Gasteiger partial charge in [-0.15, -0.1) is 0 Å². The fourth-order valence-corrected chi connectivity index (χ4v) is 1.97. The van der Waals surface area contributed by atoms with Crippen molar-refractivity contribution >= 4 is 17.5 Å². The summed E-state index contributed by atoms with van der Waals surface area (Å²) in [6.45, 7) is 5.76. The first-order valence-corrected chi connectivity index (χ1v) is 6.52. The first kappa shape index (κ1) is 14.3. The van der Waals surface area contributed by atoms with Crippen molar-refractivity contribution in [1.29, 1.82) is 0 Å². The summed E-state index contributed by atoms with van der Waals surface area (Å²) in [6.07, 6.45) is 2.10. The normalized spacial score (nSPS) is 12.3. The lowest BCUT2D eigenvalue weighted by Gasteiger charge is -2.07. The van der Waals surface area contributed by atoms with Crippen LogP contribution in [0.3, 0.4) is 0 Å². The molecular formula is C15H18N2O3. The second-order valence-corrected chi connectivity index (χ2v) is 4.82. The molecule has 1 heterocycles. The fraction of sp³-hybridized carbons (Fsp3) is 0.333. The predicted molar refractivity (Wildman–Crippen MR) is 75.9 cm³/mol. The van der Waals surface area contributed by atoms with E-state index in [0.29, 0.717) is 30.0 Å². The third-order valence-corrected chi connectivity index (χ3v) is 3.21. The van der Waals surface area contributed by atoms with Crippen LogP contribution in [0.15, 0.2) is 34.9 Å². The first-order chi connectivity index (χ1) is 9.63. The van der Waals surface area contributed by atoms with Crippen LogP contribution in [0.4, 0.5) is 0 Å². The zero-order valence-corrected chi connectivity index (χ0v) is 11.4. The summed E-state index contributed by atoms with van der Waals surface area (Å²) in [5.41, 5.74) is 2.97. The van der Waals surface area contributed by atoms with Gasteiger partial charge >= 0.3 is 0 Å². The van der Waals surface area contributed by atoms with Crippen molar-refractivity contribution in [3.05, 3.63) is 41.9 Å². The Bertz CT molecular complexity index is 619. The molecule has 20 heavy (non-hydrogen) atoms. The van der Waals surface area contributed by atoms with E-state index in [0.717, 1.165) is 17.5 Å². The molecule has 0 aliphatic carbocycles. The maximum absolute atomic E-state index is 10.3. The standard InChI is InChI=1S/C15H18N2O3/c1-10(3-4-11(2)16-9-19)15-17-13-7-12(8-18)5-6-14(13)20-15/h5-7,9-10,18H,2-4,8H2,1H3,(H,16,19). The van der Waals surface area contributed by atoms with Gasteiger partial charge in [-0.2, -0.15) is 0 Å². The van der Waals surface area contributed by atoms with E-state index in [2.05, 4.69) is 16.9 Å². The van der Waals surface area contributed by atoms with Crippen molar-refractivity contribution in [2.24, 2.45) is 0 Å². The SMILES string of the molecule is C=C(CCC(C)c1nc2cc(CO)ccc2o1)NC=O. The zero-order valence-electron chi connectivity index (χ0n) is 11.4. The maximum Gasteiger partial charge on any atom is 0.211 e. The first-order valence-electron chi connectivity index (χ1n) is 6.52. The van der Waals surface area contributed by atoms with Crippen molar-refractivity contribution < 1.29 is 14.3 Å². The van der Waals surface area contributed by atoms with Crippen molar-refractivity contribution in [3.63, 3.8) is 0 Å². The molecule has 1 aromatic heterocycles. The minimum absolute atomic E-state index is 0.00905. The zero-order chi connectivity index (χ0) is 14.5. The second-order valence-electron chi connectivity index (χ2n) is 4.82. The molecule has 0 saturated heterocycles. The van der Waals surface area contributed by atoms with Crippen LogP contribution in [0.5, 0.6) is 0 Å². The molecule has 0 spiro atoms. The van der Waals surface area contributed by atoms with Gasteiger partial charge < -0.3 is 14.8 Å². The molecule has 1 amide bonds. The summed E-state index contributed by atoms with van der Waals surface area (Å²) in [7, 11) is 0. The van der Waals surface area contributed by atoms with E-state index in [-0.39, 0.29) is 12.5 Å². The summed E-state index contributed by atoms with van der Waals surface area (Å²) >= 11 is 0. The van der Waals surface area contributed by atoms with E-state index in [1.54, 1.807) is 0 Å². The lowest BCUT2D eigenvalue weighted by molar-refractivity contribution is -0.108. The van der Waals surface area contributed by atoms with Gasteiger partial charge in [-0.05, 0) is 30.5 Å². The number of aliphatic hydroxyl groups is 1. The highest BCUT2D eigenvalue weighted by molar-refractivity contribution is 5.73.